The SMILES string of the molecule is CCCNc1nc(N2C(C)CCC2CC)c2cn[nH]c2n1. The Morgan fingerprint density at radius 3 is 2.95 bits per heavy atom. The fraction of sp³-hybridized carbons (Fsp3) is 0.667. The van der Waals surface area contributed by atoms with Gasteiger partial charge in [0.15, 0.2) is 5.65 Å². The van der Waals surface area contributed by atoms with Gasteiger partial charge in [-0.05, 0) is 32.6 Å². The van der Waals surface area contributed by atoms with Crippen molar-refractivity contribution in [3.05, 3.63) is 6.20 Å². The van der Waals surface area contributed by atoms with E-state index >= 15 is 0 Å². The lowest BCUT2D eigenvalue weighted by molar-refractivity contribution is 0.623. The summed E-state index contributed by atoms with van der Waals surface area (Å²) in [6, 6.07) is 1.08. The topological polar surface area (TPSA) is 69.7 Å². The highest BCUT2D eigenvalue weighted by Crippen LogP contribution is 2.34. The van der Waals surface area contributed by atoms with Crippen LogP contribution in [0.3, 0.4) is 0 Å². The molecule has 0 aliphatic carbocycles. The fourth-order valence-corrected chi connectivity index (χ4v) is 3.19. The molecule has 2 N–H and O–H groups in total. The average Bonchev–Trinajstić information content (AvgIpc) is 3.10. The van der Waals surface area contributed by atoms with Crippen LogP contribution in [-0.2, 0) is 0 Å². The van der Waals surface area contributed by atoms with Crippen LogP contribution >= 0.6 is 0 Å². The predicted molar refractivity (Wildman–Crippen MR) is 85.7 cm³/mol. The van der Waals surface area contributed by atoms with E-state index in [1.165, 1.54) is 12.8 Å². The van der Waals surface area contributed by atoms with Crippen LogP contribution in [0, 0.1) is 0 Å². The lowest BCUT2D eigenvalue weighted by Crippen LogP contribution is -2.35. The van der Waals surface area contributed by atoms with Gasteiger partial charge in [-0.3, -0.25) is 5.10 Å². The summed E-state index contributed by atoms with van der Waals surface area (Å²) in [7, 11) is 0. The van der Waals surface area contributed by atoms with Gasteiger partial charge in [-0.2, -0.15) is 15.1 Å². The molecule has 3 heterocycles. The van der Waals surface area contributed by atoms with E-state index < -0.39 is 0 Å². The first-order valence-electron chi connectivity index (χ1n) is 7.97. The molecule has 0 saturated carbocycles. The maximum absolute atomic E-state index is 4.78. The molecule has 3 rings (SSSR count). The number of rotatable bonds is 5. The van der Waals surface area contributed by atoms with Gasteiger partial charge in [0.25, 0.3) is 0 Å². The van der Waals surface area contributed by atoms with Crippen molar-refractivity contribution in [2.45, 2.75) is 58.5 Å². The van der Waals surface area contributed by atoms with Crippen LogP contribution in [0.25, 0.3) is 11.0 Å². The number of anilines is 2. The number of hydrogen-bond donors (Lipinski definition) is 2. The normalized spacial score (nSPS) is 22.1. The van der Waals surface area contributed by atoms with E-state index in [-0.39, 0.29) is 0 Å². The number of aromatic amines is 1. The first-order chi connectivity index (χ1) is 10.2. The van der Waals surface area contributed by atoms with Crippen LogP contribution in [-0.4, -0.2) is 38.8 Å². The van der Waals surface area contributed by atoms with Gasteiger partial charge in [0.05, 0.1) is 11.6 Å². The maximum atomic E-state index is 4.78. The molecule has 2 unspecified atom stereocenters. The lowest BCUT2D eigenvalue weighted by atomic mass is 10.1. The second-order valence-electron chi connectivity index (χ2n) is 5.83. The molecule has 2 aromatic heterocycles. The monoisotopic (exact) mass is 288 g/mol. The smallest absolute Gasteiger partial charge is 0.226 e. The summed E-state index contributed by atoms with van der Waals surface area (Å²) in [5.41, 5.74) is 0.813. The van der Waals surface area contributed by atoms with Crippen molar-refractivity contribution in [2.24, 2.45) is 0 Å². The number of H-pyrrole nitrogens is 1. The number of aromatic nitrogens is 4. The van der Waals surface area contributed by atoms with Gasteiger partial charge in [-0.15, -0.1) is 0 Å². The molecule has 114 valence electrons. The number of nitrogens with one attached hydrogen (secondary N) is 2. The zero-order valence-electron chi connectivity index (χ0n) is 13.1. The molecule has 6 heteroatoms. The molecular formula is C15H24N6. The molecular weight excluding hydrogens is 264 g/mol. The molecule has 6 nitrogen and oxygen atoms in total. The molecule has 1 aliphatic rings. The third-order valence-electron chi connectivity index (χ3n) is 4.32. The van der Waals surface area contributed by atoms with Crippen LogP contribution in [0.4, 0.5) is 11.8 Å². The third kappa shape index (κ3) is 2.54. The molecule has 0 radical (unpaired) electrons. The van der Waals surface area contributed by atoms with Crippen molar-refractivity contribution in [2.75, 3.05) is 16.8 Å². The summed E-state index contributed by atoms with van der Waals surface area (Å²) in [6.07, 6.45) is 6.49. The van der Waals surface area contributed by atoms with E-state index in [1.54, 1.807) is 0 Å². The molecule has 0 aromatic carbocycles. The van der Waals surface area contributed by atoms with Gasteiger partial charge in [-0.25, -0.2) is 0 Å². The van der Waals surface area contributed by atoms with Gasteiger partial charge in [-0.1, -0.05) is 13.8 Å². The van der Waals surface area contributed by atoms with Gasteiger partial charge in [0, 0.05) is 18.6 Å². The molecule has 2 aromatic rings. The lowest BCUT2D eigenvalue weighted by Gasteiger charge is -2.29. The minimum Gasteiger partial charge on any atom is -0.354 e. The van der Waals surface area contributed by atoms with Gasteiger partial charge >= 0.3 is 0 Å². The zero-order chi connectivity index (χ0) is 14.8. The first-order valence-corrected chi connectivity index (χ1v) is 7.97. The summed E-state index contributed by atoms with van der Waals surface area (Å²) in [5, 5.41) is 11.4. The predicted octanol–water partition coefficient (Wildman–Crippen LogP) is 2.94. The molecule has 1 saturated heterocycles. The van der Waals surface area contributed by atoms with Crippen molar-refractivity contribution in [1.82, 2.24) is 20.2 Å². The Morgan fingerprint density at radius 1 is 1.33 bits per heavy atom. The highest BCUT2D eigenvalue weighted by Gasteiger charge is 2.32. The Labute approximate surface area is 125 Å². The minimum absolute atomic E-state index is 0.516. The average molecular weight is 288 g/mol. The molecule has 1 aliphatic heterocycles. The molecule has 21 heavy (non-hydrogen) atoms. The number of hydrogen-bond acceptors (Lipinski definition) is 5. The Balaban J connectivity index is 2.04. The second kappa shape index (κ2) is 5.87. The molecule has 0 bridgehead atoms. The zero-order valence-corrected chi connectivity index (χ0v) is 13.1. The van der Waals surface area contributed by atoms with Crippen LogP contribution in [0.1, 0.15) is 46.5 Å². The highest BCUT2D eigenvalue weighted by molar-refractivity contribution is 5.88. The Morgan fingerprint density at radius 2 is 2.19 bits per heavy atom. The van der Waals surface area contributed by atoms with E-state index in [4.69, 9.17) is 4.98 Å². The second-order valence-corrected chi connectivity index (χ2v) is 5.83. The summed E-state index contributed by atoms with van der Waals surface area (Å²) in [6.45, 7) is 7.55. The van der Waals surface area contributed by atoms with E-state index in [1.807, 2.05) is 6.20 Å². The molecule has 2 atom stereocenters. The largest absolute Gasteiger partial charge is 0.354 e. The van der Waals surface area contributed by atoms with E-state index in [2.05, 4.69) is 46.2 Å². The molecule has 0 spiro atoms. The maximum Gasteiger partial charge on any atom is 0.226 e. The number of nitrogens with zero attached hydrogens (tertiary/aromatic N) is 4. The fourth-order valence-electron chi connectivity index (χ4n) is 3.19. The van der Waals surface area contributed by atoms with E-state index in [9.17, 15) is 0 Å². The minimum atomic E-state index is 0.516. The van der Waals surface area contributed by atoms with E-state index in [0.29, 0.717) is 18.0 Å². The Kier molecular flexibility index (Phi) is 3.94. The van der Waals surface area contributed by atoms with Crippen molar-refractivity contribution < 1.29 is 0 Å². The summed E-state index contributed by atoms with van der Waals surface area (Å²) >= 11 is 0. The Hall–Kier alpha value is -1.85. The summed E-state index contributed by atoms with van der Waals surface area (Å²) in [4.78, 5) is 11.8. The van der Waals surface area contributed by atoms with Gasteiger partial charge in [0.2, 0.25) is 5.95 Å². The van der Waals surface area contributed by atoms with Crippen molar-refractivity contribution in [3.63, 3.8) is 0 Å². The van der Waals surface area contributed by atoms with Crippen LogP contribution in [0.15, 0.2) is 6.20 Å². The van der Waals surface area contributed by atoms with Crippen LogP contribution in [0.2, 0.25) is 0 Å². The van der Waals surface area contributed by atoms with Crippen molar-refractivity contribution in [3.8, 4) is 0 Å². The van der Waals surface area contributed by atoms with Crippen molar-refractivity contribution in [1.29, 1.82) is 0 Å². The van der Waals surface area contributed by atoms with Crippen LogP contribution < -0.4 is 10.2 Å². The third-order valence-corrected chi connectivity index (χ3v) is 4.32. The van der Waals surface area contributed by atoms with E-state index in [0.717, 1.165) is 36.2 Å². The summed E-state index contributed by atoms with van der Waals surface area (Å²) in [5.74, 6) is 1.71. The van der Waals surface area contributed by atoms with Gasteiger partial charge in [0.1, 0.15) is 5.82 Å². The van der Waals surface area contributed by atoms with Gasteiger partial charge < -0.3 is 10.2 Å². The first kappa shape index (κ1) is 14.1. The standard InChI is InChI=1S/C15H24N6/c1-4-8-16-15-18-13-12(9-17-20-13)14(19-15)21-10(3)6-7-11(21)5-2/h9-11H,4-8H2,1-3H3,(H2,16,17,18,19,20). The molecule has 0 amide bonds. The quantitative estimate of drug-likeness (QED) is 0.885. The van der Waals surface area contributed by atoms with Crippen LogP contribution in [0.5, 0.6) is 0 Å². The Bertz CT molecular complexity index is 607. The summed E-state index contributed by atoms with van der Waals surface area (Å²) < 4.78 is 0. The molecule has 1 fully saturated rings. The highest BCUT2D eigenvalue weighted by atomic mass is 15.3. The number of fused-ring (bicyclic) bond motifs is 1. The van der Waals surface area contributed by atoms with Crippen molar-refractivity contribution >= 4 is 22.8 Å².